The van der Waals surface area contributed by atoms with Gasteiger partial charge in [0.05, 0.1) is 12.2 Å². The van der Waals surface area contributed by atoms with Gasteiger partial charge in [-0.15, -0.1) is 5.10 Å². The third kappa shape index (κ3) is 2.15. The SMILES string of the molecule is c1c[nH]c(C2CNCCN2c2nncc3ccccc23)c1. The van der Waals surface area contributed by atoms with Crippen LogP contribution in [0.15, 0.2) is 48.8 Å². The number of benzene rings is 1. The van der Waals surface area contributed by atoms with Crippen LogP contribution in [0.1, 0.15) is 11.7 Å². The second-order valence-electron chi connectivity index (χ2n) is 5.29. The minimum Gasteiger partial charge on any atom is -0.363 e. The molecule has 1 atom stereocenters. The van der Waals surface area contributed by atoms with Crippen molar-refractivity contribution in [2.24, 2.45) is 0 Å². The highest BCUT2D eigenvalue weighted by Gasteiger charge is 2.27. The van der Waals surface area contributed by atoms with E-state index in [1.54, 1.807) is 0 Å². The highest BCUT2D eigenvalue weighted by molar-refractivity contribution is 5.91. The molecule has 1 saturated heterocycles. The molecule has 0 radical (unpaired) electrons. The number of nitrogens with one attached hydrogen (secondary N) is 2. The Balaban J connectivity index is 1.82. The molecule has 1 aliphatic heterocycles. The molecular weight excluding hydrogens is 262 g/mol. The van der Waals surface area contributed by atoms with E-state index in [4.69, 9.17) is 0 Å². The summed E-state index contributed by atoms with van der Waals surface area (Å²) in [5, 5.41) is 14.4. The summed E-state index contributed by atoms with van der Waals surface area (Å²) in [6.07, 6.45) is 3.79. The fourth-order valence-electron chi connectivity index (χ4n) is 3.01. The van der Waals surface area contributed by atoms with E-state index < -0.39 is 0 Å². The van der Waals surface area contributed by atoms with Crippen molar-refractivity contribution in [1.82, 2.24) is 20.5 Å². The number of piperazine rings is 1. The lowest BCUT2D eigenvalue weighted by molar-refractivity contribution is 0.480. The average molecular weight is 279 g/mol. The summed E-state index contributed by atoms with van der Waals surface area (Å²) >= 11 is 0. The van der Waals surface area contributed by atoms with Crippen LogP contribution in [-0.2, 0) is 0 Å². The van der Waals surface area contributed by atoms with Gasteiger partial charge in [-0.2, -0.15) is 5.10 Å². The van der Waals surface area contributed by atoms with Crippen LogP contribution in [0.3, 0.4) is 0 Å². The molecule has 2 aromatic heterocycles. The molecule has 5 heteroatoms. The van der Waals surface area contributed by atoms with E-state index in [1.807, 2.05) is 24.5 Å². The monoisotopic (exact) mass is 279 g/mol. The van der Waals surface area contributed by atoms with Gasteiger partial charge in [0.2, 0.25) is 0 Å². The fourth-order valence-corrected chi connectivity index (χ4v) is 3.01. The number of aromatic nitrogens is 3. The zero-order chi connectivity index (χ0) is 14.1. The largest absolute Gasteiger partial charge is 0.363 e. The van der Waals surface area contributed by atoms with Gasteiger partial charge in [-0.3, -0.25) is 0 Å². The summed E-state index contributed by atoms with van der Waals surface area (Å²) in [6, 6.07) is 12.7. The molecular formula is C16H17N5. The predicted octanol–water partition coefficient (Wildman–Crippen LogP) is 2.11. The molecule has 1 aliphatic rings. The second-order valence-corrected chi connectivity index (χ2v) is 5.29. The minimum atomic E-state index is 0.258. The second kappa shape index (κ2) is 5.18. The van der Waals surface area contributed by atoms with Crippen LogP contribution in [0.2, 0.25) is 0 Å². The molecule has 5 nitrogen and oxygen atoms in total. The first-order valence-corrected chi connectivity index (χ1v) is 7.24. The zero-order valence-electron chi connectivity index (χ0n) is 11.7. The lowest BCUT2D eigenvalue weighted by Gasteiger charge is -2.36. The summed E-state index contributed by atoms with van der Waals surface area (Å²) in [4.78, 5) is 5.67. The molecule has 0 bridgehead atoms. The van der Waals surface area contributed by atoms with Crippen molar-refractivity contribution >= 4 is 16.6 Å². The lowest BCUT2D eigenvalue weighted by Crippen LogP contribution is -2.46. The molecule has 3 aromatic rings. The van der Waals surface area contributed by atoms with E-state index in [0.717, 1.165) is 36.2 Å². The van der Waals surface area contributed by atoms with Gasteiger partial charge in [-0.1, -0.05) is 24.3 Å². The predicted molar refractivity (Wildman–Crippen MR) is 83.3 cm³/mol. The van der Waals surface area contributed by atoms with Crippen LogP contribution >= 0.6 is 0 Å². The highest BCUT2D eigenvalue weighted by Crippen LogP contribution is 2.30. The third-order valence-corrected chi connectivity index (χ3v) is 4.05. The van der Waals surface area contributed by atoms with Crippen molar-refractivity contribution in [3.05, 3.63) is 54.5 Å². The fraction of sp³-hybridized carbons (Fsp3) is 0.250. The van der Waals surface area contributed by atoms with Crippen LogP contribution in [0.5, 0.6) is 0 Å². The maximum absolute atomic E-state index is 4.42. The topological polar surface area (TPSA) is 56.8 Å². The quantitative estimate of drug-likeness (QED) is 0.754. The number of hydrogen-bond acceptors (Lipinski definition) is 4. The highest BCUT2D eigenvalue weighted by atomic mass is 15.3. The Labute approximate surface area is 123 Å². The standard InChI is InChI=1S/C16H17N5/c1-2-5-13-12(4-1)10-19-20-16(13)21-9-8-17-11-15(21)14-6-3-7-18-14/h1-7,10,15,17-18H,8-9,11H2. The molecule has 1 unspecified atom stereocenters. The van der Waals surface area contributed by atoms with E-state index in [1.165, 1.54) is 5.69 Å². The van der Waals surface area contributed by atoms with Gasteiger partial charge in [0.25, 0.3) is 0 Å². The zero-order valence-corrected chi connectivity index (χ0v) is 11.7. The molecule has 0 aliphatic carbocycles. The van der Waals surface area contributed by atoms with Crippen molar-refractivity contribution in [3.63, 3.8) is 0 Å². The number of hydrogen-bond donors (Lipinski definition) is 2. The Kier molecular flexibility index (Phi) is 3.05. The third-order valence-electron chi connectivity index (χ3n) is 4.05. The van der Waals surface area contributed by atoms with Crippen molar-refractivity contribution in [2.75, 3.05) is 24.5 Å². The number of rotatable bonds is 2. The Hall–Kier alpha value is -2.40. The maximum Gasteiger partial charge on any atom is 0.159 e. The molecule has 106 valence electrons. The Bertz CT molecular complexity index is 732. The number of aromatic amines is 1. The smallest absolute Gasteiger partial charge is 0.159 e. The summed E-state index contributed by atoms with van der Waals surface area (Å²) in [6.45, 7) is 2.79. The molecule has 1 aromatic carbocycles. The Morgan fingerprint density at radius 2 is 2.10 bits per heavy atom. The number of fused-ring (bicyclic) bond motifs is 1. The first-order chi connectivity index (χ1) is 10.4. The lowest BCUT2D eigenvalue weighted by atomic mass is 10.1. The van der Waals surface area contributed by atoms with Crippen molar-refractivity contribution in [2.45, 2.75) is 6.04 Å². The van der Waals surface area contributed by atoms with E-state index in [-0.39, 0.29) is 6.04 Å². The van der Waals surface area contributed by atoms with Crippen molar-refractivity contribution in [3.8, 4) is 0 Å². The average Bonchev–Trinajstić information content (AvgIpc) is 3.09. The number of H-pyrrole nitrogens is 1. The summed E-state index contributed by atoms with van der Waals surface area (Å²) in [7, 11) is 0. The molecule has 0 spiro atoms. The van der Waals surface area contributed by atoms with Crippen molar-refractivity contribution < 1.29 is 0 Å². The van der Waals surface area contributed by atoms with Crippen LogP contribution in [0.25, 0.3) is 10.8 Å². The van der Waals surface area contributed by atoms with E-state index in [9.17, 15) is 0 Å². The van der Waals surface area contributed by atoms with Gasteiger partial charge in [0.1, 0.15) is 0 Å². The Morgan fingerprint density at radius 3 is 3.00 bits per heavy atom. The van der Waals surface area contributed by atoms with Gasteiger partial charge in [-0.05, 0) is 12.1 Å². The van der Waals surface area contributed by atoms with Gasteiger partial charge in [0, 0.05) is 42.3 Å². The molecule has 0 saturated carbocycles. The Morgan fingerprint density at radius 1 is 1.14 bits per heavy atom. The number of anilines is 1. The van der Waals surface area contributed by atoms with Crippen LogP contribution in [0, 0.1) is 0 Å². The van der Waals surface area contributed by atoms with E-state index in [2.05, 4.69) is 49.7 Å². The summed E-state index contributed by atoms with van der Waals surface area (Å²) in [5.74, 6) is 0.967. The van der Waals surface area contributed by atoms with Gasteiger partial charge in [-0.25, -0.2) is 0 Å². The van der Waals surface area contributed by atoms with Gasteiger partial charge in [0.15, 0.2) is 5.82 Å². The number of nitrogens with zero attached hydrogens (tertiary/aromatic N) is 3. The molecule has 2 N–H and O–H groups in total. The van der Waals surface area contributed by atoms with Crippen LogP contribution < -0.4 is 10.2 Å². The van der Waals surface area contributed by atoms with Crippen molar-refractivity contribution in [1.29, 1.82) is 0 Å². The van der Waals surface area contributed by atoms with E-state index in [0.29, 0.717) is 0 Å². The van der Waals surface area contributed by atoms with E-state index >= 15 is 0 Å². The molecule has 4 rings (SSSR count). The molecule has 1 fully saturated rings. The van der Waals surface area contributed by atoms with Crippen LogP contribution in [-0.4, -0.2) is 34.8 Å². The molecule has 21 heavy (non-hydrogen) atoms. The summed E-state index contributed by atoms with van der Waals surface area (Å²) in [5.41, 5.74) is 1.21. The van der Waals surface area contributed by atoms with Gasteiger partial charge < -0.3 is 15.2 Å². The molecule has 0 amide bonds. The van der Waals surface area contributed by atoms with Crippen LogP contribution in [0.4, 0.5) is 5.82 Å². The first kappa shape index (κ1) is 12.3. The maximum atomic E-state index is 4.42. The minimum absolute atomic E-state index is 0.258. The first-order valence-electron chi connectivity index (χ1n) is 7.24. The van der Waals surface area contributed by atoms with Gasteiger partial charge >= 0.3 is 0 Å². The molecule has 3 heterocycles. The summed E-state index contributed by atoms with van der Waals surface area (Å²) < 4.78 is 0. The normalized spacial score (nSPS) is 19.0.